The quantitative estimate of drug-likeness (QED) is 0.667. The molecule has 0 bridgehead atoms. The van der Waals surface area contributed by atoms with E-state index in [0.29, 0.717) is 10.2 Å². The number of hydrogen-bond donors (Lipinski definition) is 2. The topological polar surface area (TPSA) is 88.9 Å². The van der Waals surface area contributed by atoms with Crippen LogP contribution in [-0.2, 0) is 4.79 Å². The molecule has 0 aliphatic carbocycles. The van der Waals surface area contributed by atoms with E-state index in [0.717, 1.165) is 5.69 Å². The van der Waals surface area contributed by atoms with E-state index >= 15 is 0 Å². The van der Waals surface area contributed by atoms with E-state index in [9.17, 15) is 14.0 Å². The number of carbonyl (C=O) groups is 2. The SMILES string of the molecule is O=C(CNC(=O)c1ccc(Br)cc1F)Nc1ccc(-n2cncn2)cc1. The van der Waals surface area contributed by atoms with Gasteiger partial charge in [0.15, 0.2) is 0 Å². The second-order valence-electron chi connectivity index (χ2n) is 5.24. The number of hydrogen-bond acceptors (Lipinski definition) is 4. The Kier molecular flexibility index (Phi) is 5.37. The van der Waals surface area contributed by atoms with Crippen LogP contribution in [0.15, 0.2) is 59.6 Å². The van der Waals surface area contributed by atoms with Crippen LogP contribution in [0.5, 0.6) is 0 Å². The van der Waals surface area contributed by atoms with Crippen LogP contribution >= 0.6 is 15.9 Å². The Labute approximate surface area is 156 Å². The maximum absolute atomic E-state index is 13.7. The van der Waals surface area contributed by atoms with E-state index in [1.54, 1.807) is 41.3 Å². The van der Waals surface area contributed by atoms with Crippen molar-refractivity contribution in [2.24, 2.45) is 0 Å². The summed E-state index contributed by atoms with van der Waals surface area (Å²) in [5, 5.41) is 9.03. The maximum Gasteiger partial charge on any atom is 0.254 e. The number of halogens is 2. The molecule has 9 heteroatoms. The van der Waals surface area contributed by atoms with Crippen molar-refractivity contribution in [2.45, 2.75) is 0 Å². The molecular weight excluding hydrogens is 405 g/mol. The Balaban J connectivity index is 1.54. The number of aromatic nitrogens is 3. The number of nitrogens with one attached hydrogen (secondary N) is 2. The first-order valence-corrected chi connectivity index (χ1v) is 8.30. The van der Waals surface area contributed by atoms with Crippen LogP contribution < -0.4 is 10.6 Å². The molecule has 2 N–H and O–H groups in total. The molecular formula is C17H13BrFN5O2. The minimum absolute atomic E-state index is 0.127. The normalized spacial score (nSPS) is 10.4. The molecule has 26 heavy (non-hydrogen) atoms. The van der Waals surface area contributed by atoms with Gasteiger partial charge in [-0.25, -0.2) is 14.1 Å². The highest BCUT2D eigenvalue weighted by molar-refractivity contribution is 9.10. The highest BCUT2D eigenvalue weighted by Gasteiger charge is 2.13. The molecule has 0 unspecified atom stereocenters. The summed E-state index contributed by atoms with van der Waals surface area (Å²) in [5.41, 5.74) is 1.22. The minimum Gasteiger partial charge on any atom is -0.343 e. The molecule has 0 saturated heterocycles. The zero-order valence-corrected chi connectivity index (χ0v) is 14.9. The van der Waals surface area contributed by atoms with Gasteiger partial charge in [0.2, 0.25) is 5.91 Å². The predicted molar refractivity (Wildman–Crippen MR) is 96.4 cm³/mol. The van der Waals surface area contributed by atoms with Crippen molar-refractivity contribution < 1.29 is 14.0 Å². The molecule has 0 spiro atoms. The lowest BCUT2D eigenvalue weighted by molar-refractivity contribution is -0.115. The molecule has 3 aromatic rings. The van der Waals surface area contributed by atoms with Crippen molar-refractivity contribution in [2.75, 3.05) is 11.9 Å². The molecule has 0 fully saturated rings. The van der Waals surface area contributed by atoms with Crippen molar-refractivity contribution in [1.29, 1.82) is 0 Å². The third kappa shape index (κ3) is 4.31. The Morgan fingerprint density at radius 3 is 2.58 bits per heavy atom. The maximum atomic E-state index is 13.7. The molecule has 7 nitrogen and oxygen atoms in total. The molecule has 2 aromatic carbocycles. The van der Waals surface area contributed by atoms with E-state index in [1.165, 1.54) is 18.5 Å². The molecule has 0 aliphatic heterocycles. The lowest BCUT2D eigenvalue weighted by atomic mass is 10.2. The van der Waals surface area contributed by atoms with E-state index in [2.05, 4.69) is 36.6 Å². The van der Waals surface area contributed by atoms with Crippen molar-refractivity contribution in [3.63, 3.8) is 0 Å². The average Bonchev–Trinajstić information content (AvgIpc) is 3.15. The second-order valence-corrected chi connectivity index (χ2v) is 6.16. The summed E-state index contributed by atoms with van der Waals surface area (Å²) in [6, 6.07) is 11.0. The zero-order valence-electron chi connectivity index (χ0n) is 13.3. The molecule has 0 atom stereocenters. The van der Waals surface area contributed by atoms with Crippen LogP contribution in [0.3, 0.4) is 0 Å². The first kappa shape index (κ1) is 17.7. The summed E-state index contributed by atoms with van der Waals surface area (Å²) >= 11 is 3.12. The van der Waals surface area contributed by atoms with E-state index in [-0.39, 0.29) is 12.1 Å². The number of nitrogens with zero attached hydrogens (tertiary/aromatic N) is 3. The van der Waals surface area contributed by atoms with E-state index in [1.807, 2.05) is 0 Å². The largest absolute Gasteiger partial charge is 0.343 e. The number of anilines is 1. The van der Waals surface area contributed by atoms with Crippen LogP contribution in [0.2, 0.25) is 0 Å². The fourth-order valence-electron chi connectivity index (χ4n) is 2.17. The summed E-state index contributed by atoms with van der Waals surface area (Å²) in [6.45, 7) is -0.279. The number of carbonyl (C=O) groups excluding carboxylic acids is 2. The number of amides is 2. The van der Waals surface area contributed by atoms with Crippen molar-refractivity contribution in [3.8, 4) is 5.69 Å². The van der Waals surface area contributed by atoms with Crippen LogP contribution in [0, 0.1) is 5.82 Å². The predicted octanol–water partition coefficient (Wildman–Crippen LogP) is 2.54. The number of rotatable bonds is 5. The van der Waals surface area contributed by atoms with Gasteiger partial charge < -0.3 is 10.6 Å². The molecule has 132 valence electrons. The summed E-state index contributed by atoms with van der Waals surface area (Å²) in [7, 11) is 0. The Morgan fingerprint density at radius 2 is 1.92 bits per heavy atom. The fourth-order valence-corrected chi connectivity index (χ4v) is 2.51. The number of benzene rings is 2. The molecule has 1 aromatic heterocycles. The minimum atomic E-state index is -0.666. The van der Waals surface area contributed by atoms with Crippen LogP contribution in [0.1, 0.15) is 10.4 Å². The van der Waals surface area contributed by atoms with Gasteiger partial charge in [-0.15, -0.1) is 0 Å². The van der Waals surface area contributed by atoms with Crippen molar-refractivity contribution >= 4 is 33.4 Å². The lowest BCUT2D eigenvalue weighted by Gasteiger charge is -2.08. The monoisotopic (exact) mass is 417 g/mol. The fraction of sp³-hybridized carbons (Fsp3) is 0.0588. The van der Waals surface area contributed by atoms with Crippen LogP contribution in [-0.4, -0.2) is 33.1 Å². The smallest absolute Gasteiger partial charge is 0.254 e. The third-order valence-electron chi connectivity index (χ3n) is 3.42. The van der Waals surface area contributed by atoms with Crippen molar-refractivity contribution in [1.82, 2.24) is 20.1 Å². The van der Waals surface area contributed by atoms with Gasteiger partial charge in [-0.2, -0.15) is 5.10 Å². The van der Waals surface area contributed by atoms with Gasteiger partial charge in [0.05, 0.1) is 17.8 Å². The van der Waals surface area contributed by atoms with Gasteiger partial charge in [-0.1, -0.05) is 15.9 Å². The van der Waals surface area contributed by atoms with Gasteiger partial charge in [0.1, 0.15) is 18.5 Å². The summed E-state index contributed by atoms with van der Waals surface area (Å²) in [4.78, 5) is 27.8. The summed E-state index contributed by atoms with van der Waals surface area (Å²) < 4.78 is 15.8. The highest BCUT2D eigenvalue weighted by atomic mass is 79.9. The lowest BCUT2D eigenvalue weighted by Crippen LogP contribution is -2.33. The van der Waals surface area contributed by atoms with Gasteiger partial charge in [0, 0.05) is 10.2 Å². The molecule has 3 rings (SSSR count). The standard InChI is InChI=1S/C17H13BrFN5O2/c18-11-1-6-14(15(19)7-11)17(26)21-8-16(25)23-12-2-4-13(5-3-12)24-10-20-9-22-24/h1-7,9-10H,8H2,(H,21,26)(H,23,25). The van der Waals surface area contributed by atoms with Crippen molar-refractivity contribution in [3.05, 3.63) is 71.0 Å². The molecule has 0 radical (unpaired) electrons. The molecule has 2 amide bonds. The second kappa shape index (κ2) is 7.87. The van der Waals surface area contributed by atoms with E-state index in [4.69, 9.17) is 0 Å². The van der Waals surface area contributed by atoms with Gasteiger partial charge in [0.25, 0.3) is 5.91 Å². The molecule has 0 saturated carbocycles. The highest BCUT2D eigenvalue weighted by Crippen LogP contribution is 2.15. The molecule has 1 heterocycles. The van der Waals surface area contributed by atoms with Gasteiger partial charge >= 0.3 is 0 Å². The van der Waals surface area contributed by atoms with Gasteiger partial charge in [-0.05, 0) is 42.5 Å². The summed E-state index contributed by atoms with van der Waals surface area (Å²) in [5.74, 6) is -1.75. The summed E-state index contributed by atoms with van der Waals surface area (Å²) in [6.07, 6.45) is 2.98. The first-order valence-electron chi connectivity index (χ1n) is 7.51. The third-order valence-corrected chi connectivity index (χ3v) is 3.91. The average molecular weight is 418 g/mol. The molecule has 0 aliphatic rings. The van der Waals surface area contributed by atoms with Crippen LogP contribution in [0.25, 0.3) is 5.69 Å². The Bertz CT molecular complexity index is 929. The Morgan fingerprint density at radius 1 is 1.15 bits per heavy atom. The van der Waals surface area contributed by atoms with Gasteiger partial charge in [-0.3, -0.25) is 9.59 Å². The Hall–Kier alpha value is -3.07. The first-order chi connectivity index (χ1) is 12.5. The van der Waals surface area contributed by atoms with Crippen LogP contribution in [0.4, 0.5) is 10.1 Å². The zero-order chi connectivity index (χ0) is 18.5. The van der Waals surface area contributed by atoms with E-state index < -0.39 is 17.6 Å².